The lowest BCUT2D eigenvalue weighted by molar-refractivity contribution is 0.668. The largest absolute Gasteiger partial charge is 0.454 e. The van der Waals surface area contributed by atoms with Crippen molar-refractivity contribution in [3.8, 4) is 11.1 Å². The van der Waals surface area contributed by atoms with E-state index in [1.807, 2.05) is 0 Å². The number of anilines is 8. The zero-order valence-electron chi connectivity index (χ0n) is 36.6. The maximum atomic E-state index is 7.13. The molecular formula is C62H45N3O. The van der Waals surface area contributed by atoms with Crippen molar-refractivity contribution >= 4 is 67.4 Å². The Morgan fingerprint density at radius 3 is 1.79 bits per heavy atom. The summed E-state index contributed by atoms with van der Waals surface area (Å²) >= 11 is 0. The van der Waals surface area contributed by atoms with Crippen LogP contribution in [0.3, 0.4) is 0 Å². The predicted molar refractivity (Wildman–Crippen MR) is 274 cm³/mol. The molecule has 1 aromatic heterocycles. The van der Waals surface area contributed by atoms with Gasteiger partial charge in [-0.25, -0.2) is 0 Å². The molecule has 2 heterocycles. The van der Waals surface area contributed by atoms with Crippen LogP contribution in [-0.4, -0.2) is 6.04 Å². The molecular weight excluding hydrogens is 803 g/mol. The molecule has 1 spiro atoms. The van der Waals surface area contributed by atoms with Crippen LogP contribution in [-0.2, 0) is 5.41 Å². The van der Waals surface area contributed by atoms with E-state index in [1.54, 1.807) is 0 Å². The molecule has 0 bridgehead atoms. The lowest BCUT2D eigenvalue weighted by Gasteiger charge is -2.45. The molecule has 314 valence electrons. The molecule has 4 nitrogen and oxygen atoms in total. The van der Waals surface area contributed by atoms with Gasteiger partial charge in [-0.1, -0.05) is 158 Å². The maximum absolute atomic E-state index is 7.13. The minimum atomic E-state index is -0.516. The van der Waals surface area contributed by atoms with Crippen molar-refractivity contribution in [2.75, 3.05) is 14.7 Å². The number of benzene rings is 9. The average Bonchev–Trinajstić information content (AvgIpc) is 3.91. The Balaban J connectivity index is 1.03. The molecule has 10 aromatic rings. The van der Waals surface area contributed by atoms with Gasteiger partial charge in [-0.2, -0.15) is 0 Å². The molecule has 0 saturated carbocycles. The standard InChI is InChI=1S/C62H45N3O/c1-42-34-39-57(64(44-22-8-3-9-23-44)45-24-10-4-11-25-45)61-60(42)51-37-35-48(41-59(51)66-61)63(43-20-6-2-7-21-43)47-36-38-55-58(40-47)65(46-26-12-5-13-27-46)56-33-19-18-32-54(56)62(55)52-30-16-14-28-49(52)50-29-15-17-31-53(50)62/h2-20,22-41,43H,21H2,1H3. The SMILES string of the molecule is Cc1ccc(N(c2ccccc2)c2ccccc2)c2oc3cc(N(c4ccc5c(c4)N(c4ccccc4)c4ccccc4C54c5ccccc5-c5ccccc54)C4C=CC=CC4)ccc3c12. The Labute approximate surface area is 385 Å². The van der Waals surface area contributed by atoms with E-state index in [0.717, 1.165) is 68.2 Å². The fraction of sp³-hybridized carbons (Fsp3) is 0.0645. The Kier molecular flexibility index (Phi) is 8.75. The molecule has 2 aliphatic carbocycles. The molecule has 0 saturated heterocycles. The first-order valence-corrected chi connectivity index (χ1v) is 23.0. The van der Waals surface area contributed by atoms with Gasteiger partial charge >= 0.3 is 0 Å². The summed E-state index contributed by atoms with van der Waals surface area (Å²) in [6.45, 7) is 2.19. The van der Waals surface area contributed by atoms with Crippen LogP contribution in [0.25, 0.3) is 33.1 Å². The second-order valence-corrected chi connectivity index (χ2v) is 17.6. The number of nitrogens with zero attached hydrogens (tertiary/aromatic N) is 3. The quantitative estimate of drug-likeness (QED) is 0.159. The van der Waals surface area contributed by atoms with E-state index in [1.165, 1.54) is 44.6 Å². The Morgan fingerprint density at radius 2 is 1.11 bits per heavy atom. The molecule has 0 radical (unpaired) electrons. The molecule has 13 rings (SSSR count). The molecule has 1 unspecified atom stereocenters. The van der Waals surface area contributed by atoms with Gasteiger partial charge < -0.3 is 19.1 Å². The summed E-state index contributed by atoms with van der Waals surface area (Å²) in [6, 6.07) is 77.6. The normalized spacial score (nSPS) is 15.1. The Morgan fingerprint density at radius 1 is 0.515 bits per heavy atom. The highest BCUT2D eigenvalue weighted by Gasteiger charge is 2.51. The van der Waals surface area contributed by atoms with Gasteiger partial charge in [0.15, 0.2) is 5.58 Å². The van der Waals surface area contributed by atoms with E-state index in [0.29, 0.717) is 0 Å². The minimum Gasteiger partial charge on any atom is -0.454 e. The molecule has 9 aromatic carbocycles. The van der Waals surface area contributed by atoms with Gasteiger partial charge in [-0.05, 0) is 125 Å². The first kappa shape index (κ1) is 38.1. The summed E-state index contributed by atoms with van der Waals surface area (Å²) in [7, 11) is 0. The van der Waals surface area contributed by atoms with Gasteiger partial charge in [-0.15, -0.1) is 0 Å². The Bertz CT molecular complexity index is 3470. The third kappa shape index (κ3) is 5.64. The molecule has 0 amide bonds. The second kappa shape index (κ2) is 15.1. The van der Waals surface area contributed by atoms with Crippen LogP contribution >= 0.6 is 0 Å². The van der Waals surface area contributed by atoms with Crippen LogP contribution in [0.2, 0.25) is 0 Å². The predicted octanol–water partition coefficient (Wildman–Crippen LogP) is 16.5. The molecule has 1 atom stereocenters. The van der Waals surface area contributed by atoms with Crippen molar-refractivity contribution in [3.63, 3.8) is 0 Å². The smallest absolute Gasteiger partial charge is 0.159 e. The lowest BCUT2D eigenvalue weighted by atomic mass is 9.64. The number of hydrogen-bond donors (Lipinski definition) is 0. The van der Waals surface area contributed by atoms with Crippen LogP contribution in [0.4, 0.5) is 45.5 Å². The molecule has 3 aliphatic rings. The van der Waals surface area contributed by atoms with Crippen molar-refractivity contribution < 1.29 is 4.42 Å². The highest BCUT2D eigenvalue weighted by Crippen LogP contribution is 2.64. The maximum Gasteiger partial charge on any atom is 0.159 e. The summed E-state index contributed by atoms with van der Waals surface area (Å²) in [5.41, 5.74) is 19.0. The van der Waals surface area contributed by atoms with Gasteiger partial charge in [0.1, 0.15) is 5.58 Å². The van der Waals surface area contributed by atoms with Crippen LogP contribution < -0.4 is 14.7 Å². The summed E-state index contributed by atoms with van der Waals surface area (Å²) in [4.78, 5) is 7.29. The summed E-state index contributed by atoms with van der Waals surface area (Å²) < 4.78 is 7.13. The van der Waals surface area contributed by atoms with E-state index in [4.69, 9.17) is 4.42 Å². The van der Waals surface area contributed by atoms with Gasteiger partial charge in [-0.3, -0.25) is 0 Å². The summed E-state index contributed by atoms with van der Waals surface area (Å²) in [5.74, 6) is 0. The van der Waals surface area contributed by atoms with Crippen LogP contribution in [0.1, 0.15) is 34.2 Å². The van der Waals surface area contributed by atoms with E-state index in [-0.39, 0.29) is 6.04 Å². The molecule has 66 heavy (non-hydrogen) atoms. The number of para-hydroxylation sites is 4. The fourth-order valence-corrected chi connectivity index (χ4v) is 11.3. The van der Waals surface area contributed by atoms with Gasteiger partial charge in [0.2, 0.25) is 0 Å². The summed E-state index contributed by atoms with van der Waals surface area (Å²) in [5, 5.41) is 2.23. The number of furan rings is 1. The molecule has 0 N–H and O–H groups in total. The van der Waals surface area contributed by atoms with Crippen molar-refractivity contribution in [2.24, 2.45) is 0 Å². The molecule has 0 fully saturated rings. The first-order chi connectivity index (χ1) is 32.7. The third-order valence-electron chi connectivity index (χ3n) is 14.0. The van der Waals surface area contributed by atoms with Crippen molar-refractivity contribution in [1.29, 1.82) is 0 Å². The third-order valence-corrected chi connectivity index (χ3v) is 14.0. The zero-order valence-corrected chi connectivity index (χ0v) is 36.6. The molecule has 1 aliphatic heterocycles. The fourth-order valence-electron chi connectivity index (χ4n) is 11.3. The molecule has 4 heteroatoms. The Hall–Kier alpha value is -8.34. The van der Waals surface area contributed by atoms with Gasteiger partial charge in [0, 0.05) is 45.3 Å². The van der Waals surface area contributed by atoms with Crippen LogP contribution in [0, 0.1) is 6.92 Å². The number of rotatable bonds is 7. The van der Waals surface area contributed by atoms with E-state index < -0.39 is 5.41 Å². The first-order valence-electron chi connectivity index (χ1n) is 23.0. The van der Waals surface area contributed by atoms with Crippen LogP contribution in [0.5, 0.6) is 0 Å². The summed E-state index contributed by atoms with van der Waals surface area (Å²) in [6.07, 6.45) is 9.82. The minimum absolute atomic E-state index is 0.0711. The zero-order chi connectivity index (χ0) is 43.8. The number of fused-ring (bicyclic) bond motifs is 12. The number of allylic oxidation sites excluding steroid dienone is 2. The van der Waals surface area contributed by atoms with Crippen molar-refractivity contribution in [3.05, 3.63) is 264 Å². The van der Waals surface area contributed by atoms with Crippen molar-refractivity contribution in [2.45, 2.75) is 24.8 Å². The lowest BCUT2D eigenvalue weighted by Crippen LogP contribution is -2.36. The number of aryl methyl sites for hydroxylation is 1. The van der Waals surface area contributed by atoms with Gasteiger partial charge in [0.25, 0.3) is 0 Å². The van der Waals surface area contributed by atoms with E-state index in [2.05, 4.69) is 258 Å². The van der Waals surface area contributed by atoms with Gasteiger partial charge in [0.05, 0.1) is 28.5 Å². The average molecular weight is 848 g/mol. The van der Waals surface area contributed by atoms with E-state index >= 15 is 0 Å². The monoisotopic (exact) mass is 847 g/mol. The highest BCUT2D eigenvalue weighted by molar-refractivity contribution is 6.12. The van der Waals surface area contributed by atoms with Crippen molar-refractivity contribution in [1.82, 2.24) is 0 Å². The van der Waals surface area contributed by atoms with E-state index in [9.17, 15) is 0 Å². The van der Waals surface area contributed by atoms with Crippen LogP contribution in [0.15, 0.2) is 241 Å². The topological polar surface area (TPSA) is 22.9 Å². The number of hydrogen-bond acceptors (Lipinski definition) is 4. The second-order valence-electron chi connectivity index (χ2n) is 17.6. The highest BCUT2D eigenvalue weighted by atomic mass is 16.3.